The molecule has 0 amide bonds. The van der Waals surface area contributed by atoms with E-state index < -0.39 is 23.4 Å². The minimum atomic E-state index is -1.43. The fraction of sp³-hybridized carbons (Fsp3) is 0.364. The highest BCUT2D eigenvalue weighted by molar-refractivity contribution is 6.23. The molecule has 82 valence electrons. The molecule has 0 saturated heterocycles. The summed E-state index contributed by atoms with van der Waals surface area (Å²) in [5.41, 5.74) is -0.912. The standard InChI is InChI=1S/C11H13ClO3/c1-8(12)11(7-13,10(14)15)9-5-3-2-4-6-9/h2-6,8,13H,7H2,1H3,(H,14,15). The zero-order chi connectivity index (χ0) is 11.5. The Morgan fingerprint density at radius 2 is 2.00 bits per heavy atom. The molecule has 0 aliphatic carbocycles. The summed E-state index contributed by atoms with van der Waals surface area (Å²) in [4.78, 5) is 11.2. The number of aliphatic carboxylic acids is 1. The van der Waals surface area contributed by atoms with Crippen molar-refractivity contribution in [3.8, 4) is 0 Å². The van der Waals surface area contributed by atoms with Gasteiger partial charge in [-0.3, -0.25) is 4.79 Å². The van der Waals surface area contributed by atoms with E-state index in [9.17, 15) is 15.0 Å². The molecule has 15 heavy (non-hydrogen) atoms. The highest BCUT2D eigenvalue weighted by atomic mass is 35.5. The molecule has 1 aromatic rings. The predicted molar refractivity (Wildman–Crippen MR) is 58.2 cm³/mol. The molecule has 4 heteroatoms. The molecule has 0 spiro atoms. The number of hydrogen-bond acceptors (Lipinski definition) is 2. The number of aliphatic hydroxyl groups is 1. The summed E-state index contributed by atoms with van der Waals surface area (Å²) >= 11 is 5.89. The van der Waals surface area contributed by atoms with Crippen LogP contribution in [0.1, 0.15) is 12.5 Å². The van der Waals surface area contributed by atoms with Gasteiger partial charge in [-0.05, 0) is 12.5 Å². The van der Waals surface area contributed by atoms with Gasteiger partial charge in [0.25, 0.3) is 0 Å². The van der Waals surface area contributed by atoms with Gasteiger partial charge in [-0.25, -0.2) is 0 Å². The van der Waals surface area contributed by atoms with Crippen molar-refractivity contribution in [1.82, 2.24) is 0 Å². The maximum absolute atomic E-state index is 11.2. The van der Waals surface area contributed by atoms with Crippen LogP contribution in [0.4, 0.5) is 0 Å². The van der Waals surface area contributed by atoms with E-state index in [4.69, 9.17) is 11.6 Å². The fourth-order valence-corrected chi connectivity index (χ4v) is 1.83. The molecular formula is C11H13ClO3. The number of carboxylic acids is 1. The van der Waals surface area contributed by atoms with Crippen LogP contribution in [0.5, 0.6) is 0 Å². The molecule has 0 aliphatic heterocycles. The molecule has 1 rings (SSSR count). The first kappa shape index (κ1) is 12.0. The number of carbonyl (C=O) groups is 1. The third-order valence-electron chi connectivity index (χ3n) is 2.60. The van der Waals surface area contributed by atoms with E-state index in [1.54, 1.807) is 37.3 Å². The van der Waals surface area contributed by atoms with Gasteiger partial charge in [0.05, 0.1) is 12.0 Å². The lowest BCUT2D eigenvalue weighted by atomic mass is 9.78. The monoisotopic (exact) mass is 228 g/mol. The van der Waals surface area contributed by atoms with Crippen LogP contribution in [-0.2, 0) is 10.2 Å². The Kier molecular flexibility index (Phi) is 3.72. The molecule has 0 bridgehead atoms. The van der Waals surface area contributed by atoms with Crippen LogP contribution in [0.3, 0.4) is 0 Å². The van der Waals surface area contributed by atoms with Crippen LogP contribution in [-0.4, -0.2) is 28.2 Å². The summed E-state index contributed by atoms with van der Waals surface area (Å²) in [6.07, 6.45) is 0. The number of aliphatic hydroxyl groups excluding tert-OH is 1. The number of alkyl halides is 1. The quantitative estimate of drug-likeness (QED) is 0.771. The molecule has 0 fully saturated rings. The second-order valence-electron chi connectivity index (χ2n) is 3.42. The van der Waals surface area contributed by atoms with E-state index in [2.05, 4.69) is 0 Å². The molecule has 2 N–H and O–H groups in total. The fourth-order valence-electron chi connectivity index (χ4n) is 1.54. The van der Waals surface area contributed by atoms with Gasteiger partial charge in [0.2, 0.25) is 0 Å². The van der Waals surface area contributed by atoms with E-state index in [0.29, 0.717) is 5.56 Å². The van der Waals surface area contributed by atoms with Crippen molar-refractivity contribution in [3.63, 3.8) is 0 Å². The van der Waals surface area contributed by atoms with Gasteiger partial charge >= 0.3 is 5.97 Å². The van der Waals surface area contributed by atoms with Gasteiger partial charge < -0.3 is 10.2 Å². The molecular weight excluding hydrogens is 216 g/mol. The van der Waals surface area contributed by atoms with E-state index in [-0.39, 0.29) is 0 Å². The van der Waals surface area contributed by atoms with Crippen LogP contribution in [0.15, 0.2) is 30.3 Å². The normalized spacial score (nSPS) is 16.7. The number of hydrogen-bond donors (Lipinski definition) is 2. The van der Waals surface area contributed by atoms with Crippen molar-refractivity contribution < 1.29 is 15.0 Å². The maximum Gasteiger partial charge on any atom is 0.318 e. The van der Waals surface area contributed by atoms with Crippen LogP contribution < -0.4 is 0 Å². The summed E-state index contributed by atoms with van der Waals surface area (Å²) in [7, 11) is 0. The molecule has 3 nitrogen and oxygen atoms in total. The Morgan fingerprint density at radius 3 is 2.33 bits per heavy atom. The zero-order valence-electron chi connectivity index (χ0n) is 8.35. The second-order valence-corrected chi connectivity index (χ2v) is 4.07. The Bertz CT molecular complexity index is 337. The highest BCUT2D eigenvalue weighted by Crippen LogP contribution is 2.31. The van der Waals surface area contributed by atoms with Crippen molar-refractivity contribution in [2.75, 3.05) is 6.61 Å². The van der Waals surface area contributed by atoms with Crippen molar-refractivity contribution >= 4 is 17.6 Å². The average Bonchev–Trinajstić information content (AvgIpc) is 2.20. The maximum atomic E-state index is 11.2. The first-order valence-corrected chi connectivity index (χ1v) is 5.03. The lowest BCUT2D eigenvalue weighted by Crippen LogP contribution is -2.46. The topological polar surface area (TPSA) is 57.5 Å². The number of halogens is 1. The van der Waals surface area contributed by atoms with Gasteiger partial charge in [-0.15, -0.1) is 11.6 Å². The van der Waals surface area contributed by atoms with Crippen molar-refractivity contribution in [3.05, 3.63) is 35.9 Å². The Morgan fingerprint density at radius 1 is 1.47 bits per heavy atom. The third kappa shape index (κ3) is 1.98. The van der Waals surface area contributed by atoms with Crippen molar-refractivity contribution in [1.29, 1.82) is 0 Å². The Hall–Kier alpha value is -1.06. The second kappa shape index (κ2) is 4.64. The largest absolute Gasteiger partial charge is 0.480 e. The summed E-state index contributed by atoms with van der Waals surface area (Å²) < 4.78 is 0. The predicted octanol–water partition coefficient (Wildman–Crippen LogP) is 1.63. The van der Waals surface area contributed by atoms with Gasteiger partial charge in [0, 0.05) is 0 Å². The Labute approximate surface area is 93.3 Å². The summed E-state index contributed by atoms with van der Waals surface area (Å²) in [5, 5.41) is 17.8. The van der Waals surface area contributed by atoms with E-state index in [1.165, 1.54) is 0 Å². The molecule has 0 aliphatic rings. The summed E-state index contributed by atoms with van der Waals surface area (Å²) in [6, 6.07) is 8.54. The molecule has 2 atom stereocenters. The molecule has 0 saturated carbocycles. The summed E-state index contributed by atoms with van der Waals surface area (Å²) in [5.74, 6) is -1.11. The molecule has 2 unspecified atom stereocenters. The van der Waals surface area contributed by atoms with Crippen LogP contribution in [0.2, 0.25) is 0 Å². The van der Waals surface area contributed by atoms with E-state index in [0.717, 1.165) is 0 Å². The number of carboxylic acid groups (broad SMARTS) is 1. The van der Waals surface area contributed by atoms with Gasteiger partial charge in [-0.1, -0.05) is 30.3 Å². The molecule has 0 aromatic heterocycles. The van der Waals surface area contributed by atoms with Crippen LogP contribution >= 0.6 is 11.6 Å². The molecule has 1 aromatic carbocycles. The lowest BCUT2D eigenvalue weighted by molar-refractivity contribution is -0.145. The minimum absolute atomic E-state index is 0.516. The number of rotatable bonds is 4. The first-order valence-electron chi connectivity index (χ1n) is 4.59. The van der Waals surface area contributed by atoms with Crippen molar-refractivity contribution in [2.45, 2.75) is 17.7 Å². The van der Waals surface area contributed by atoms with E-state index in [1.807, 2.05) is 0 Å². The molecule has 0 radical (unpaired) electrons. The summed E-state index contributed by atoms with van der Waals surface area (Å²) in [6.45, 7) is 1.05. The van der Waals surface area contributed by atoms with Crippen LogP contribution in [0.25, 0.3) is 0 Å². The van der Waals surface area contributed by atoms with Gasteiger partial charge in [-0.2, -0.15) is 0 Å². The average molecular weight is 229 g/mol. The lowest BCUT2D eigenvalue weighted by Gasteiger charge is -2.30. The van der Waals surface area contributed by atoms with Gasteiger partial charge in [0.1, 0.15) is 5.41 Å². The molecule has 0 heterocycles. The minimum Gasteiger partial charge on any atom is -0.480 e. The third-order valence-corrected chi connectivity index (χ3v) is 2.97. The zero-order valence-corrected chi connectivity index (χ0v) is 9.11. The smallest absolute Gasteiger partial charge is 0.318 e. The van der Waals surface area contributed by atoms with Crippen molar-refractivity contribution in [2.24, 2.45) is 0 Å². The number of benzene rings is 1. The van der Waals surface area contributed by atoms with Gasteiger partial charge in [0.15, 0.2) is 0 Å². The van der Waals surface area contributed by atoms with Crippen LogP contribution in [0, 0.1) is 0 Å². The SMILES string of the molecule is CC(Cl)C(CO)(C(=O)O)c1ccccc1. The highest BCUT2D eigenvalue weighted by Gasteiger charge is 2.44. The first-order chi connectivity index (χ1) is 7.05. The Balaban J connectivity index is 3.28. The van der Waals surface area contributed by atoms with E-state index >= 15 is 0 Å².